The molecule has 0 unspecified atom stereocenters. The molecule has 2 rings (SSSR count). The molecular weight excluding hydrogens is 290 g/mol. The second-order valence-corrected chi connectivity index (χ2v) is 5.42. The van der Waals surface area contributed by atoms with Gasteiger partial charge >= 0.3 is 0 Å². The minimum absolute atomic E-state index is 0.198. The highest BCUT2D eigenvalue weighted by Gasteiger charge is 2.02. The molecule has 0 radical (unpaired) electrons. The SMILES string of the molecule is N#Cc1ccc(-c2ccc(COCCC[C@H](O)CO)cc2)cc1. The molecule has 0 bridgehead atoms. The minimum atomic E-state index is -0.648. The van der Waals surface area contributed by atoms with E-state index in [0.717, 1.165) is 23.1 Å². The summed E-state index contributed by atoms with van der Waals surface area (Å²) < 4.78 is 5.56. The summed E-state index contributed by atoms with van der Waals surface area (Å²) in [7, 11) is 0. The number of aliphatic hydroxyl groups excluding tert-OH is 2. The fraction of sp³-hybridized carbons (Fsp3) is 0.316. The Morgan fingerprint density at radius 3 is 2.17 bits per heavy atom. The topological polar surface area (TPSA) is 73.5 Å². The van der Waals surface area contributed by atoms with Crippen LogP contribution in [0, 0.1) is 11.3 Å². The number of benzene rings is 2. The van der Waals surface area contributed by atoms with Crippen molar-refractivity contribution < 1.29 is 14.9 Å². The third-order valence-electron chi connectivity index (χ3n) is 3.61. The van der Waals surface area contributed by atoms with Gasteiger partial charge in [-0.25, -0.2) is 0 Å². The summed E-state index contributed by atoms with van der Waals surface area (Å²) >= 11 is 0. The Hall–Kier alpha value is -2.19. The van der Waals surface area contributed by atoms with Gasteiger partial charge in [-0.3, -0.25) is 0 Å². The van der Waals surface area contributed by atoms with Crippen LogP contribution in [0.2, 0.25) is 0 Å². The molecule has 0 aromatic heterocycles. The average molecular weight is 311 g/mol. The van der Waals surface area contributed by atoms with Gasteiger partial charge in [-0.1, -0.05) is 36.4 Å². The summed E-state index contributed by atoms with van der Waals surface area (Å²) in [5.74, 6) is 0. The first-order valence-corrected chi connectivity index (χ1v) is 7.69. The van der Waals surface area contributed by atoms with Gasteiger partial charge in [0.1, 0.15) is 0 Å². The first kappa shape index (κ1) is 17.2. The Morgan fingerprint density at radius 1 is 1.00 bits per heavy atom. The van der Waals surface area contributed by atoms with Crippen LogP contribution in [0.4, 0.5) is 0 Å². The van der Waals surface area contributed by atoms with Crippen LogP contribution < -0.4 is 0 Å². The van der Waals surface area contributed by atoms with E-state index in [1.54, 1.807) is 0 Å². The Kier molecular flexibility index (Phi) is 6.76. The first-order valence-electron chi connectivity index (χ1n) is 7.69. The molecule has 0 aliphatic rings. The number of rotatable bonds is 8. The van der Waals surface area contributed by atoms with E-state index < -0.39 is 6.10 Å². The summed E-state index contributed by atoms with van der Waals surface area (Å²) in [6.07, 6.45) is 0.629. The van der Waals surface area contributed by atoms with Crippen molar-refractivity contribution in [2.75, 3.05) is 13.2 Å². The Morgan fingerprint density at radius 2 is 1.61 bits per heavy atom. The fourth-order valence-corrected chi connectivity index (χ4v) is 2.23. The number of nitrogens with zero attached hydrogens (tertiary/aromatic N) is 1. The summed E-state index contributed by atoms with van der Waals surface area (Å²) in [5, 5.41) is 26.7. The van der Waals surface area contributed by atoms with Gasteiger partial charge in [-0.2, -0.15) is 5.26 Å². The quantitative estimate of drug-likeness (QED) is 0.735. The van der Waals surface area contributed by atoms with Gasteiger partial charge in [0.05, 0.1) is 31.0 Å². The lowest BCUT2D eigenvalue weighted by atomic mass is 10.0. The van der Waals surface area contributed by atoms with Crippen molar-refractivity contribution in [3.05, 3.63) is 59.7 Å². The molecule has 0 spiro atoms. The lowest BCUT2D eigenvalue weighted by Gasteiger charge is -2.08. The van der Waals surface area contributed by atoms with Crippen molar-refractivity contribution in [2.45, 2.75) is 25.6 Å². The van der Waals surface area contributed by atoms with Gasteiger partial charge in [-0.05, 0) is 41.7 Å². The monoisotopic (exact) mass is 311 g/mol. The predicted octanol–water partition coefficient (Wildman–Crippen LogP) is 2.88. The van der Waals surface area contributed by atoms with E-state index in [4.69, 9.17) is 15.1 Å². The highest BCUT2D eigenvalue weighted by atomic mass is 16.5. The minimum Gasteiger partial charge on any atom is -0.394 e. The lowest BCUT2D eigenvalue weighted by Crippen LogP contribution is -2.12. The molecule has 0 heterocycles. The zero-order valence-electron chi connectivity index (χ0n) is 13.0. The number of nitriles is 1. The molecule has 2 aromatic carbocycles. The molecular formula is C19H21NO3. The summed E-state index contributed by atoms with van der Waals surface area (Å²) in [5.41, 5.74) is 3.92. The van der Waals surface area contributed by atoms with Crippen molar-refractivity contribution in [1.29, 1.82) is 5.26 Å². The number of hydrogen-bond donors (Lipinski definition) is 2. The largest absolute Gasteiger partial charge is 0.394 e. The molecule has 4 heteroatoms. The van der Waals surface area contributed by atoms with Crippen LogP contribution in [0.15, 0.2) is 48.5 Å². The normalized spacial score (nSPS) is 11.9. The maximum Gasteiger partial charge on any atom is 0.0991 e. The van der Waals surface area contributed by atoms with E-state index in [9.17, 15) is 5.11 Å². The first-order chi connectivity index (χ1) is 11.2. The molecule has 2 aromatic rings. The average Bonchev–Trinajstić information content (AvgIpc) is 2.62. The van der Waals surface area contributed by atoms with E-state index in [0.29, 0.717) is 25.2 Å². The van der Waals surface area contributed by atoms with Gasteiger partial charge in [0.25, 0.3) is 0 Å². The van der Waals surface area contributed by atoms with Gasteiger partial charge in [0.2, 0.25) is 0 Å². The third-order valence-corrected chi connectivity index (χ3v) is 3.61. The fourth-order valence-electron chi connectivity index (χ4n) is 2.23. The van der Waals surface area contributed by atoms with E-state index in [1.807, 2.05) is 48.5 Å². The van der Waals surface area contributed by atoms with E-state index in [1.165, 1.54) is 0 Å². The van der Waals surface area contributed by atoms with Crippen molar-refractivity contribution in [2.24, 2.45) is 0 Å². The number of hydrogen-bond acceptors (Lipinski definition) is 4. The Labute approximate surface area is 136 Å². The van der Waals surface area contributed by atoms with Crippen LogP contribution in [-0.2, 0) is 11.3 Å². The standard InChI is InChI=1S/C19H21NO3/c20-12-15-3-7-17(8-4-15)18-9-5-16(6-10-18)14-23-11-1-2-19(22)13-21/h3-10,19,21-22H,1-2,11,13-14H2/t19-/m0/s1. The second-order valence-electron chi connectivity index (χ2n) is 5.42. The van der Waals surface area contributed by atoms with Crippen LogP contribution >= 0.6 is 0 Å². The molecule has 0 amide bonds. The van der Waals surface area contributed by atoms with E-state index in [2.05, 4.69) is 6.07 Å². The zero-order valence-corrected chi connectivity index (χ0v) is 13.0. The van der Waals surface area contributed by atoms with Crippen LogP contribution in [0.1, 0.15) is 24.0 Å². The highest BCUT2D eigenvalue weighted by Crippen LogP contribution is 2.20. The van der Waals surface area contributed by atoms with E-state index in [-0.39, 0.29) is 6.61 Å². The third kappa shape index (κ3) is 5.50. The molecule has 0 saturated heterocycles. The molecule has 0 aliphatic carbocycles. The molecule has 0 aliphatic heterocycles. The van der Waals surface area contributed by atoms with Crippen LogP contribution in [0.25, 0.3) is 11.1 Å². The Balaban J connectivity index is 1.81. The van der Waals surface area contributed by atoms with Crippen molar-refractivity contribution in [3.63, 3.8) is 0 Å². The molecule has 120 valence electrons. The number of aliphatic hydroxyl groups is 2. The van der Waals surface area contributed by atoms with Crippen molar-refractivity contribution in [1.82, 2.24) is 0 Å². The summed E-state index contributed by atoms with van der Waals surface area (Å²) in [6.45, 7) is 0.897. The van der Waals surface area contributed by atoms with Crippen LogP contribution in [-0.4, -0.2) is 29.5 Å². The lowest BCUT2D eigenvalue weighted by molar-refractivity contribution is 0.0668. The molecule has 0 fully saturated rings. The van der Waals surface area contributed by atoms with Gasteiger partial charge in [-0.15, -0.1) is 0 Å². The number of ether oxygens (including phenoxy) is 1. The predicted molar refractivity (Wildman–Crippen MR) is 88.6 cm³/mol. The molecule has 0 saturated carbocycles. The van der Waals surface area contributed by atoms with Crippen LogP contribution in [0.5, 0.6) is 0 Å². The molecule has 23 heavy (non-hydrogen) atoms. The summed E-state index contributed by atoms with van der Waals surface area (Å²) in [4.78, 5) is 0. The maximum absolute atomic E-state index is 9.22. The zero-order chi connectivity index (χ0) is 16.5. The highest BCUT2D eigenvalue weighted by molar-refractivity contribution is 5.64. The summed E-state index contributed by atoms with van der Waals surface area (Å²) in [6, 6.07) is 17.7. The molecule has 1 atom stereocenters. The smallest absolute Gasteiger partial charge is 0.0991 e. The molecule has 2 N–H and O–H groups in total. The Bertz CT molecular complexity index is 629. The molecule has 4 nitrogen and oxygen atoms in total. The van der Waals surface area contributed by atoms with Crippen molar-refractivity contribution in [3.8, 4) is 17.2 Å². The van der Waals surface area contributed by atoms with Gasteiger partial charge in [0, 0.05) is 6.61 Å². The van der Waals surface area contributed by atoms with E-state index >= 15 is 0 Å². The van der Waals surface area contributed by atoms with Crippen molar-refractivity contribution >= 4 is 0 Å². The maximum atomic E-state index is 9.22. The van der Waals surface area contributed by atoms with Gasteiger partial charge < -0.3 is 14.9 Å². The second kappa shape index (κ2) is 9.06. The van der Waals surface area contributed by atoms with Gasteiger partial charge in [0.15, 0.2) is 0 Å². The van der Waals surface area contributed by atoms with Crippen LogP contribution in [0.3, 0.4) is 0 Å².